The highest BCUT2D eigenvalue weighted by Gasteiger charge is 2.31. The number of imidazole rings is 1. The van der Waals surface area contributed by atoms with E-state index in [1.54, 1.807) is 11.6 Å². The van der Waals surface area contributed by atoms with Gasteiger partial charge in [-0.1, -0.05) is 30.3 Å². The molecule has 0 radical (unpaired) electrons. The number of Topliss-reactive ketones (excluding diaryl/α,β-unsaturated/α-hetero) is 1. The van der Waals surface area contributed by atoms with Crippen molar-refractivity contribution in [3.05, 3.63) is 52.3 Å². The molecule has 0 amide bonds. The zero-order chi connectivity index (χ0) is 16.4. The van der Waals surface area contributed by atoms with Crippen molar-refractivity contribution in [3.8, 4) is 0 Å². The van der Waals surface area contributed by atoms with Crippen LogP contribution in [0, 0.1) is 16.0 Å². The lowest BCUT2D eigenvalue weighted by atomic mass is 9.89. The molecule has 0 atom stereocenters. The smallest absolute Gasteiger partial charge is 0.358 e. The number of hydrogen-bond donors (Lipinski definition) is 0. The number of carbonyl (C=O) groups excluding carboxylic acids is 1. The van der Waals surface area contributed by atoms with Crippen LogP contribution in [0.15, 0.2) is 36.7 Å². The minimum Gasteiger partial charge on any atom is -0.358 e. The van der Waals surface area contributed by atoms with Crippen LogP contribution in [0.2, 0.25) is 0 Å². The summed E-state index contributed by atoms with van der Waals surface area (Å²) in [5.74, 6) is 0.520. The van der Waals surface area contributed by atoms with E-state index < -0.39 is 4.92 Å². The van der Waals surface area contributed by atoms with Crippen molar-refractivity contribution in [1.82, 2.24) is 9.55 Å². The highest BCUT2D eigenvalue weighted by atomic mass is 16.6. The van der Waals surface area contributed by atoms with Gasteiger partial charge in [-0.3, -0.25) is 9.36 Å². The van der Waals surface area contributed by atoms with Crippen LogP contribution in [-0.2, 0) is 7.05 Å². The molecule has 0 N–H and O–H groups in total. The van der Waals surface area contributed by atoms with Gasteiger partial charge in [-0.25, -0.2) is 0 Å². The molecule has 0 unspecified atom stereocenters. The van der Waals surface area contributed by atoms with E-state index in [0.717, 1.165) is 5.56 Å². The molecule has 23 heavy (non-hydrogen) atoms. The van der Waals surface area contributed by atoms with Gasteiger partial charge in [-0.2, -0.15) is 0 Å². The molecular weight excluding hydrogens is 296 g/mol. The number of ketones is 1. The van der Waals surface area contributed by atoms with Gasteiger partial charge in [0.05, 0.1) is 0 Å². The fraction of sp³-hybridized carbons (Fsp3) is 0.375. The maximum atomic E-state index is 12.5. The van der Waals surface area contributed by atoms with Crippen LogP contribution in [0.4, 0.5) is 11.6 Å². The number of benzene rings is 1. The summed E-state index contributed by atoms with van der Waals surface area (Å²) in [5, 5.41) is 11.1. The first-order chi connectivity index (χ1) is 11.1. The Labute approximate surface area is 133 Å². The van der Waals surface area contributed by atoms with Gasteiger partial charge in [0.15, 0.2) is 5.78 Å². The van der Waals surface area contributed by atoms with Crippen molar-refractivity contribution in [2.24, 2.45) is 13.0 Å². The Morgan fingerprint density at radius 1 is 1.26 bits per heavy atom. The van der Waals surface area contributed by atoms with Gasteiger partial charge < -0.3 is 15.0 Å². The van der Waals surface area contributed by atoms with Gasteiger partial charge in [-0.15, -0.1) is 0 Å². The summed E-state index contributed by atoms with van der Waals surface area (Å²) >= 11 is 0. The average molecular weight is 314 g/mol. The third-order valence-electron chi connectivity index (χ3n) is 4.28. The van der Waals surface area contributed by atoms with Crippen molar-refractivity contribution in [2.45, 2.75) is 12.8 Å². The van der Waals surface area contributed by atoms with Gasteiger partial charge in [0.25, 0.3) is 0 Å². The fourth-order valence-corrected chi connectivity index (χ4v) is 3.10. The van der Waals surface area contributed by atoms with Crippen LogP contribution >= 0.6 is 0 Å². The Kier molecular flexibility index (Phi) is 4.10. The normalized spacial score (nSPS) is 15.6. The molecule has 7 heteroatoms. The molecule has 0 spiro atoms. The fourth-order valence-electron chi connectivity index (χ4n) is 3.10. The van der Waals surface area contributed by atoms with Gasteiger partial charge >= 0.3 is 5.82 Å². The summed E-state index contributed by atoms with van der Waals surface area (Å²) in [6.45, 7) is 1.23. The van der Waals surface area contributed by atoms with E-state index in [9.17, 15) is 14.9 Å². The molecule has 7 nitrogen and oxygen atoms in total. The lowest BCUT2D eigenvalue weighted by Crippen LogP contribution is -2.37. The van der Waals surface area contributed by atoms with Crippen LogP contribution < -0.4 is 4.90 Å². The molecule has 1 aromatic carbocycles. The standard InChI is InChI=1S/C16H18N4O3/c1-18-11-17-15(20(22)23)16(18)19-9-7-13(8-10-19)14(21)12-5-3-2-4-6-12/h2-6,11,13H,7-10H2,1H3. The van der Waals surface area contributed by atoms with Crippen LogP contribution in [0.3, 0.4) is 0 Å². The number of aryl methyl sites for hydroxylation is 1. The Morgan fingerprint density at radius 3 is 2.52 bits per heavy atom. The zero-order valence-corrected chi connectivity index (χ0v) is 12.9. The first-order valence-electron chi connectivity index (χ1n) is 7.58. The summed E-state index contributed by atoms with van der Waals surface area (Å²) in [5.41, 5.74) is 0.734. The predicted molar refractivity (Wildman–Crippen MR) is 85.6 cm³/mol. The predicted octanol–water partition coefficient (Wildman–Crippen LogP) is 2.43. The van der Waals surface area contributed by atoms with E-state index >= 15 is 0 Å². The summed E-state index contributed by atoms with van der Waals surface area (Å²) < 4.78 is 1.66. The summed E-state index contributed by atoms with van der Waals surface area (Å²) in [6.07, 6.45) is 2.83. The molecule has 1 aliphatic heterocycles. The average Bonchev–Trinajstić information content (AvgIpc) is 2.97. The van der Waals surface area contributed by atoms with E-state index in [4.69, 9.17) is 0 Å². The zero-order valence-electron chi connectivity index (χ0n) is 12.9. The largest absolute Gasteiger partial charge is 0.406 e. The van der Waals surface area contributed by atoms with Gasteiger partial charge in [0.2, 0.25) is 12.1 Å². The van der Waals surface area contributed by atoms with Gasteiger partial charge in [0, 0.05) is 31.6 Å². The number of hydrogen-bond acceptors (Lipinski definition) is 5. The van der Waals surface area contributed by atoms with Crippen molar-refractivity contribution in [3.63, 3.8) is 0 Å². The lowest BCUT2D eigenvalue weighted by molar-refractivity contribution is -0.388. The second-order valence-corrected chi connectivity index (χ2v) is 5.75. The monoisotopic (exact) mass is 314 g/mol. The highest BCUT2D eigenvalue weighted by Crippen LogP contribution is 2.30. The topological polar surface area (TPSA) is 81.3 Å². The molecule has 3 rings (SSSR count). The molecule has 2 heterocycles. The Balaban J connectivity index is 1.71. The van der Waals surface area contributed by atoms with Crippen LogP contribution in [0.5, 0.6) is 0 Å². The van der Waals surface area contributed by atoms with Crippen LogP contribution in [0.1, 0.15) is 23.2 Å². The van der Waals surface area contributed by atoms with E-state index in [2.05, 4.69) is 4.98 Å². The maximum absolute atomic E-state index is 12.5. The summed E-state index contributed by atoms with van der Waals surface area (Å²) in [4.78, 5) is 28.9. The van der Waals surface area contributed by atoms with Gasteiger partial charge in [-0.05, 0) is 22.7 Å². The molecule has 1 saturated heterocycles. The van der Waals surface area contributed by atoms with Crippen molar-refractivity contribution in [1.29, 1.82) is 0 Å². The summed E-state index contributed by atoms with van der Waals surface area (Å²) in [6, 6.07) is 9.28. The van der Waals surface area contributed by atoms with E-state index in [0.29, 0.717) is 31.7 Å². The Bertz CT molecular complexity index is 718. The second kappa shape index (κ2) is 6.20. The molecule has 0 saturated carbocycles. The molecule has 2 aromatic rings. The number of nitro groups is 1. The molecule has 120 valence electrons. The Morgan fingerprint density at radius 2 is 1.91 bits per heavy atom. The van der Waals surface area contributed by atoms with E-state index in [1.165, 1.54) is 6.33 Å². The maximum Gasteiger partial charge on any atom is 0.406 e. The molecule has 1 fully saturated rings. The molecule has 0 bridgehead atoms. The van der Waals surface area contributed by atoms with Crippen LogP contribution in [-0.4, -0.2) is 33.3 Å². The van der Waals surface area contributed by atoms with E-state index in [1.807, 2.05) is 35.2 Å². The van der Waals surface area contributed by atoms with E-state index in [-0.39, 0.29) is 17.5 Å². The van der Waals surface area contributed by atoms with Crippen molar-refractivity contribution >= 4 is 17.4 Å². The minimum atomic E-state index is -0.462. The quantitative estimate of drug-likeness (QED) is 0.492. The number of nitrogens with zero attached hydrogens (tertiary/aromatic N) is 4. The first kappa shape index (κ1) is 15.2. The number of rotatable bonds is 4. The molecular formula is C16H18N4O3. The number of aromatic nitrogens is 2. The van der Waals surface area contributed by atoms with Crippen molar-refractivity contribution < 1.29 is 9.72 Å². The molecule has 1 aromatic heterocycles. The van der Waals surface area contributed by atoms with Gasteiger partial charge in [0.1, 0.15) is 0 Å². The first-order valence-corrected chi connectivity index (χ1v) is 7.58. The SMILES string of the molecule is Cn1cnc([N+](=O)[O-])c1N1CCC(C(=O)c2ccccc2)CC1. The van der Waals surface area contributed by atoms with Crippen LogP contribution in [0.25, 0.3) is 0 Å². The number of piperidine rings is 1. The highest BCUT2D eigenvalue weighted by molar-refractivity contribution is 5.97. The number of anilines is 1. The molecule has 0 aliphatic carbocycles. The Hall–Kier alpha value is -2.70. The summed E-state index contributed by atoms with van der Waals surface area (Å²) in [7, 11) is 1.75. The third-order valence-corrected chi connectivity index (χ3v) is 4.28. The van der Waals surface area contributed by atoms with Crippen molar-refractivity contribution in [2.75, 3.05) is 18.0 Å². The number of carbonyl (C=O) groups is 1. The third kappa shape index (κ3) is 2.94. The lowest BCUT2D eigenvalue weighted by Gasteiger charge is -2.32. The minimum absolute atomic E-state index is 0.0269. The second-order valence-electron chi connectivity index (χ2n) is 5.75. The molecule has 1 aliphatic rings.